The number of carbonyl (C=O) groups excluding carboxylic acids is 1. The van der Waals surface area contributed by atoms with E-state index in [1.54, 1.807) is 24.3 Å². The van der Waals surface area contributed by atoms with Gasteiger partial charge in [-0.15, -0.1) is 0 Å². The molecule has 0 aliphatic rings. The Morgan fingerprint density at radius 3 is 2.50 bits per heavy atom. The molecule has 0 atom stereocenters. The maximum atomic E-state index is 11.8. The first-order chi connectivity index (χ1) is 7.63. The highest BCUT2D eigenvalue weighted by atomic mass is 19.3. The largest absolute Gasteiger partial charge is 0.371 e. The van der Waals surface area contributed by atoms with Gasteiger partial charge in [0.05, 0.1) is 6.61 Å². The summed E-state index contributed by atoms with van der Waals surface area (Å²) in [7, 11) is 0. The van der Waals surface area contributed by atoms with E-state index in [0.29, 0.717) is 11.1 Å². The van der Waals surface area contributed by atoms with E-state index < -0.39 is 18.9 Å². The summed E-state index contributed by atoms with van der Waals surface area (Å²) in [6.45, 7) is -0.500. The Bertz CT molecular complexity index is 341. The van der Waals surface area contributed by atoms with Gasteiger partial charge in [0, 0.05) is 5.56 Å². The summed E-state index contributed by atoms with van der Waals surface area (Å²) in [5.74, 6) is 4.55. The van der Waals surface area contributed by atoms with Crippen molar-refractivity contribution in [3.63, 3.8) is 0 Å². The van der Waals surface area contributed by atoms with Crippen molar-refractivity contribution in [1.29, 1.82) is 0 Å². The molecule has 0 aromatic heterocycles. The minimum Gasteiger partial charge on any atom is -0.371 e. The van der Waals surface area contributed by atoms with Gasteiger partial charge in [0.15, 0.2) is 0 Å². The number of hydrazine groups is 1. The summed E-state index contributed by atoms with van der Waals surface area (Å²) in [6, 6.07) is 6.33. The second-order valence-electron chi connectivity index (χ2n) is 3.08. The number of hydrogen-bond acceptors (Lipinski definition) is 3. The Morgan fingerprint density at radius 2 is 2.00 bits per heavy atom. The van der Waals surface area contributed by atoms with Gasteiger partial charge < -0.3 is 4.74 Å². The van der Waals surface area contributed by atoms with Gasteiger partial charge in [0.1, 0.15) is 6.61 Å². The molecule has 1 aromatic carbocycles. The molecule has 0 spiro atoms. The molecular formula is C10H12F2N2O2. The zero-order valence-electron chi connectivity index (χ0n) is 8.45. The number of ether oxygens (including phenoxy) is 1. The van der Waals surface area contributed by atoms with Crippen LogP contribution in [0, 0.1) is 0 Å². The van der Waals surface area contributed by atoms with Crippen molar-refractivity contribution in [3.8, 4) is 0 Å². The van der Waals surface area contributed by atoms with Crippen molar-refractivity contribution < 1.29 is 18.3 Å². The Hall–Kier alpha value is -1.53. The highest BCUT2D eigenvalue weighted by Gasteiger charge is 2.04. The smallest absolute Gasteiger partial charge is 0.265 e. The van der Waals surface area contributed by atoms with Crippen molar-refractivity contribution in [1.82, 2.24) is 5.43 Å². The van der Waals surface area contributed by atoms with Gasteiger partial charge in [-0.3, -0.25) is 10.2 Å². The van der Waals surface area contributed by atoms with Gasteiger partial charge in [-0.2, -0.15) is 0 Å². The Labute approximate surface area is 91.4 Å². The minimum atomic E-state index is -2.47. The molecule has 0 bridgehead atoms. The number of nitrogen functional groups attached to an aromatic ring is 1. The average molecular weight is 230 g/mol. The summed E-state index contributed by atoms with van der Waals surface area (Å²) in [4.78, 5) is 11.1. The second-order valence-corrected chi connectivity index (χ2v) is 3.08. The fourth-order valence-corrected chi connectivity index (χ4v) is 1.10. The van der Waals surface area contributed by atoms with E-state index in [1.165, 1.54) is 0 Å². The number of nitrogens with one attached hydrogen (secondary N) is 1. The lowest BCUT2D eigenvalue weighted by Crippen LogP contribution is -2.29. The lowest BCUT2D eigenvalue weighted by atomic mass is 10.1. The predicted octanol–water partition coefficient (Wildman–Crippen LogP) is 1.07. The lowest BCUT2D eigenvalue weighted by molar-refractivity contribution is 0.00988. The normalized spacial score (nSPS) is 10.5. The van der Waals surface area contributed by atoms with Crippen LogP contribution in [0.15, 0.2) is 24.3 Å². The van der Waals surface area contributed by atoms with Crippen LogP contribution in [0.4, 0.5) is 8.78 Å². The first-order valence-corrected chi connectivity index (χ1v) is 4.59. The molecule has 1 aromatic rings. The number of nitrogens with two attached hydrogens (primary N) is 1. The molecule has 3 N–H and O–H groups in total. The molecule has 0 heterocycles. The molecule has 0 fully saturated rings. The maximum Gasteiger partial charge on any atom is 0.265 e. The summed E-state index contributed by atoms with van der Waals surface area (Å²) in [5.41, 5.74) is 3.11. The maximum absolute atomic E-state index is 11.8. The summed E-state index contributed by atoms with van der Waals surface area (Å²) < 4.78 is 28.3. The van der Waals surface area contributed by atoms with Gasteiger partial charge in [-0.25, -0.2) is 14.6 Å². The fraction of sp³-hybridized carbons (Fsp3) is 0.300. The van der Waals surface area contributed by atoms with E-state index in [2.05, 4.69) is 0 Å². The number of hydrogen-bond donors (Lipinski definition) is 2. The van der Waals surface area contributed by atoms with Crippen molar-refractivity contribution in [2.45, 2.75) is 13.0 Å². The van der Waals surface area contributed by atoms with Crippen LogP contribution in [0.2, 0.25) is 0 Å². The zero-order chi connectivity index (χ0) is 12.0. The third kappa shape index (κ3) is 3.92. The van der Waals surface area contributed by atoms with Gasteiger partial charge in [0.2, 0.25) is 0 Å². The van der Waals surface area contributed by atoms with Crippen LogP contribution >= 0.6 is 0 Å². The highest BCUT2D eigenvalue weighted by molar-refractivity contribution is 5.93. The van der Waals surface area contributed by atoms with E-state index >= 15 is 0 Å². The molecule has 0 saturated heterocycles. The SMILES string of the molecule is NNC(=O)c1ccc(COCC(F)F)cc1. The van der Waals surface area contributed by atoms with Crippen molar-refractivity contribution in [3.05, 3.63) is 35.4 Å². The molecule has 88 valence electrons. The van der Waals surface area contributed by atoms with Crippen LogP contribution in [0.5, 0.6) is 0 Å². The Kier molecular flexibility index (Phi) is 4.81. The summed E-state index contributed by atoms with van der Waals surface area (Å²) in [6.07, 6.45) is -2.47. The van der Waals surface area contributed by atoms with Crippen molar-refractivity contribution >= 4 is 5.91 Å². The number of benzene rings is 1. The third-order valence-corrected chi connectivity index (χ3v) is 1.86. The number of amides is 1. The van der Waals surface area contributed by atoms with Crippen LogP contribution < -0.4 is 11.3 Å². The fourth-order valence-electron chi connectivity index (χ4n) is 1.10. The van der Waals surface area contributed by atoms with E-state index in [4.69, 9.17) is 10.6 Å². The lowest BCUT2D eigenvalue weighted by Gasteiger charge is -2.04. The number of alkyl halides is 2. The molecule has 6 heteroatoms. The minimum absolute atomic E-state index is 0.0921. The van der Waals surface area contributed by atoms with Crippen LogP contribution in [0.25, 0.3) is 0 Å². The van der Waals surface area contributed by atoms with Gasteiger partial charge in [-0.1, -0.05) is 12.1 Å². The molecule has 16 heavy (non-hydrogen) atoms. The van der Waals surface area contributed by atoms with E-state index in [-0.39, 0.29) is 6.61 Å². The standard InChI is InChI=1S/C10H12F2N2O2/c11-9(12)6-16-5-7-1-3-8(4-2-7)10(15)14-13/h1-4,9H,5-6,13H2,(H,14,15). The van der Waals surface area contributed by atoms with Gasteiger partial charge >= 0.3 is 0 Å². The Balaban J connectivity index is 2.48. The third-order valence-electron chi connectivity index (χ3n) is 1.86. The van der Waals surface area contributed by atoms with E-state index in [9.17, 15) is 13.6 Å². The highest BCUT2D eigenvalue weighted by Crippen LogP contribution is 2.06. The number of carbonyl (C=O) groups is 1. The quantitative estimate of drug-likeness (QED) is 0.452. The molecule has 0 radical (unpaired) electrons. The molecule has 1 amide bonds. The Morgan fingerprint density at radius 1 is 1.38 bits per heavy atom. The second kappa shape index (κ2) is 6.14. The zero-order valence-corrected chi connectivity index (χ0v) is 8.45. The number of rotatable bonds is 5. The van der Waals surface area contributed by atoms with Crippen LogP contribution in [0.1, 0.15) is 15.9 Å². The van der Waals surface area contributed by atoms with Gasteiger partial charge in [-0.05, 0) is 17.7 Å². The molecule has 0 aliphatic carbocycles. The topological polar surface area (TPSA) is 64.3 Å². The van der Waals surface area contributed by atoms with Crippen LogP contribution in [0.3, 0.4) is 0 Å². The molecule has 0 unspecified atom stereocenters. The first kappa shape index (κ1) is 12.5. The van der Waals surface area contributed by atoms with Gasteiger partial charge in [0.25, 0.3) is 12.3 Å². The summed E-state index contributed by atoms with van der Waals surface area (Å²) in [5, 5.41) is 0. The van der Waals surface area contributed by atoms with Crippen LogP contribution in [-0.4, -0.2) is 18.9 Å². The molecule has 4 nitrogen and oxygen atoms in total. The van der Waals surface area contributed by atoms with Crippen molar-refractivity contribution in [2.24, 2.45) is 5.84 Å². The molecule has 0 aliphatic heterocycles. The monoisotopic (exact) mass is 230 g/mol. The average Bonchev–Trinajstić information content (AvgIpc) is 2.28. The van der Waals surface area contributed by atoms with Crippen molar-refractivity contribution in [2.75, 3.05) is 6.61 Å². The molecular weight excluding hydrogens is 218 g/mol. The van der Waals surface area contributed by atoms with E-state index in [1.807, 2.05) is 5.43 Å². The molecule has 1 rings (SSSR count). The number of halogens is 2. The summed E-state index contributed by atoms with van der Waals surface area (Å²) >= 11 is 0. The van der Waals surface area contributed by atoms with Crippen LogP contribution in [-0.2, 0) is 11.3 Å². The van der Waals surface area contributed by atoms with E-state index in [0.717, 1.165) is 0 Å². The molecule has 0 saturated carbocycles. The first-order valence-electron chi connectivity index (χ1n) is 4.59. The predicted molar refractivity (Wildman–Crippen MR) is 53.8 cm³/mol.